The van der Waals surface area contributed by atoms with Crippen LogP contribution in [0.1, 0.15) is 4.88 Å². The molecule has 0 saturated heterocycles. The van der Waals surface area contributed by atoms with Crippen molar-refractivity contribution < 1.29 is 9.53 Å². The van der Waals surface area contributed by atoms with Crippen LogP contribution in [0.4, 0.5) is 10.8 Å². The maximum atomic E-state index is 11.7. The number of anilines is 2. The molecule has 128 valence electrons. The molecule has 25 heavy (non-hydrogen) atoms. The van der Waals surface area contributed by atoms with Crippen LogP contribution in [0, 0.1) is 0 Å². The second kappa shape index (κ2) is 7.87. The van der Waals surface area contributed by atoms with Crippen molar-refractivity contribution in [2.24, 2.45) is 0 Å². The molecule has 7 heteroatoms. The third-order valence-corrected chi connectivity index (χ3v) is 5.02. The normalized spacial score (nSPS) is 10.5. The molecule has 3 rings (SSSR count). The molecule has 0 aliphatic rings. The van der Waals surface area contributed by atoms with E-state index in [9.17, 15) is 4.79 Å². The highest BCUT2D eigenvalue weighted by Crippen LogP contribution is 2.35. The molecule has 1 N–H and O–H groups in total. The molecule has 0 aliphatic carbocycles. The van der Waals surface area contributed by atoms with Gasteiger partial charge in [-0.15, -0.1) is 11.3 Å². The summed E-state index contributed by atoms with van der Waals surface area (Å²) in [5, 5.41) is 5.09. The number of ether oxygens (including phenoxy) is 1. The zero-order valence-electron chi connectivity index (χ0n) is 13.3. The summed E-state index contributed by atoms with van der Waals surface area (Å²) in [5.41, 5.74) is 2.36. The highest BCUT2D eigenvalue weighted by Gasteiger charge is 2.17. The van der Waals surface area contributed by atoms with E-state index in [1.165, 1.54) is 18.4 Å². The SMILES string of the molecule is COC(=O)Cc1sc(Nc2ccccc2Cl)nc1-c1ccc(Cl)cc1. The zero-order chi connectivity index (χ0) is 17.8. The number of rotatable bonds is 5. The molecule has 1 heterocycles. The second-order valence-electron chi connectivity index (χ2n) is 5.16. The van der Waals surface area contributed by atoms with Crippen LogP contribution >= 0.6 is 34.5 Å². The van der Waals surface area contributed by atoms with Gasteiger partial charge in [0.25, 0.3) is 0 Å². The van der Waals surface area contributed by atoms with Crippen molar-refractivity contribution in [2.45, 2.75) is 6.42 Å². The molecule has 3 aromatic rings. The molecule has 0 atom stereocenters. The third-order valence-electron chi connectivity index (χ3n) is 3.46. The minimum absolute atomic E-state index is 0.149. The molecular weight excluding hydrogens is 379 g/mol. The molecule has 2 aromatic carbocycles. The number of nitrogens with zero attached hydrogens (tertiary/aromatic N) is 1. The Morgan fingerprint density at radius 3 is 2.56 bits per heavy atom. The molecule has 0 spiro atoms. The summed E-state index contributed by atoms with van der Waals surface area (Å²) in [6.07, 6.45) is 0.149. The number of benzene rings is 2. The van der Waals surface area contributed by atoms with Crippen molar-refractivity contribution in [1.82, 2.24) is 4.98 Å². The van der Waals surface area contributed by atoms with Gasteiger partial charge < -0.3 is 10.1 Å². The summed E-state index contributed by atoms with van der Waals surface area (Å²) in [6, 6.07) is 14.7. The number of para-hydroxylation sites is 1. The molecular formula is C18H14Cl2N2O2S. The predicted molar refractivity (Wildman–Crippen MR) is 103 cm³/mol. The summed E-state index contributed by atoms with van der Waals surface area (Å²) in [7, 11) is 1.37. The second-order valence-corrected chi connectivity index (χ2v) is 7.08. The number of carbonyl (C=O) groups is 1. The highest BCUT2D eigenvalue weighted by molar-refractivity contribution is 7.16. The van der Waals surface area contributed by atoms with Gasteiger partial charge in [0.2, 0.25) is 0 Å². The summed E-state index contributed by atoms with van der Waals surface area (Å²) < 4.78 is 4.79. The largest absolute Gasteiger partial charge is 0.469 e. The smallest absolute Gasteiger partial charge is 0.310 e. The molecule has 0 bridgehead atoms. The first-order valence-electron chi connectivity index (χ1n) is 7.41. The number of nitrogens with one attached hydrogen (secondary N) is 1. The van der Waals surface area contributed by atoms with Crippen LogP contribution in [0.5, 0.6) is 0 Å². The number of hydrogen-bond acceptors (Lipinski definition) is 5. The van der Waals surface area contributed by atoms with Gasteiger partial charge in [0.05, 0.1) is 29.9 Å². The quantitative estimate of drug-likeness (QED) is 0.576. The summed E-state index contributed by atoms with van der Waals surface area (Å²) >= 11 is 13.5. The Bertz CT molecular complexity index is 894. The van der Waals surface area contributed by atoms with Gasteiger partial charge in [-0.3, -0.25) is 4.79 Å². The predicted octanol–water partition coefficient (Wildman–Crippen LogP) is 5.58. The zero-order valence-corrected chi connectivity index (χ0v) is 15.6. The van der Waals surface area contributed by atoms with E-state index in [1.807, 2.05) is 30.3 Å². The Morgan fingerprint density at radius 2 is 1.88 bits per heavy atom. The third kappa shape index (κ3) is 4.31. The molecule has 1 aromatic heterocycles. The van der Waals surface area contributed by atoms with Crippen LogP contribution in [0.2, 0.25) is 10.0 Å². The first-order valence-corrected chi connectivity index (χ1v) is 8.98. The Balaban J connectivity index is 1.97. The fourth-order valence-corrected chi connectivity index (χ4v) is 3.53. The molecule has 0 aliphatic heterocycles. The van der Waals surface area contributed by atoms with E-state index >= 15 is 0 Å². The first kappa shape index (κ1) is 17.7. The fraction of sp³-hybridized carbons (Fsp3) is 0.111. The van der Waals surface area contributed by atoms with Gasteiger partial charge in [0.1, 0.15) is 0 Å². The molecule has 4 nitrogen and oxygen atoms in total. The van der Waals surface area contributed by atoms with E-state index in [1.54, 1.807) is 18.2 Å². The molecule has 0 unspecified atom stereocenters. The van der Waals surface area contributed by atoms with Crippen LogP contribution < -0.4 is 5.32 Å². The van der Waals surface area contributed by atoms with Crippen molar-refractivity contribution in [1.29, 1.82) is 0 Å². The van der Waals surface area contributed by atoms with Crippen molar-refractivity contribution in [3.63, 3.8) is 0 Å². The van der Waals surface area contributed by atoms with Crippen molar-refractivity contribution in [2.75, 3.05) is 12.4 Å². The average Bonchev–Trinajstić information content (AvgIpc) is 3.00. The van der Waals surface area contributed by atoms with Gasteiger partial charge in [0, 0.05) is 15.5 Å². The van der Waals surface area contributed by atoms with Crippen LogP contribution in [0.3, 0.4) is 0 Å². The lowest BCUT2D eigenvalue weighted by Gasteiger charge is -2.04. The Hall–Kier alpha value is -2.08. The van der Waals surface area contributed by atoms with Crippen LogP contribution in [0.15, 0.2) is 48.5 Å². The van der Waals surface area contributed by atoms with Gasteiger partial charge in [-0.05, 0) is 24.3 Å². The molecule has 0 radical (unpaired) electrons. The number of aromatic nitrogens is 1. The number of carbonyl (C=O) groups excluding carboxylic acids is 1. The lowest BCUT2D eigenvalue weighted by Crippen LogP contribution is -2.03. The van der Waals surface area contributed by atoms with E-state index in [0.29, 0.717) is 15.2 Å². The first-order chi connectivity index (χ1) is 12.1. The van der Waals surface area contributed by atoms with Gasteiger partial charge in [0.15, 0.2) is 5.13 Å². The van der Waals surface area contributed by atoms with Crippen LogP contribution in [-0.4, -0.2) is 18.1 Å². The Kier molecular flexibility index (Phi) is 5.58. The molecule has 0 fully saturated rings. The summed E-state index contributed by atoms with van der Waals surface area (Å²) in [6.45, 7) is 0. The topological polar surface area (TPSA) is 51.2 Å². The van der Waals surface area contributed by atoms with E-state index < -0.39 is 0 Å². The molecule has 0 saturated carbocycles. The van der Waals surface area contributed by atoms with Gasteiger partial charge in [-0.2, -0.15) is 0 Å². The molecule has 0 amide bonds. The summed E-state index contributed by atoms with van der Waals surface area (Å²) in [4.78, 5) is 17.2. The van der Waals surface area contributed by atoms with E-state index in [-0.39, 0.29) is 12.4 Å². The van der Waals surface area contributed by atoms with Crippen LogP contribution in [-0.2, 0) is 16.0 Å². The summed E-state index contributed by atoms with van der Waals surface area (Å²) in [5.74, 6) is -0.317. The highest BCUT2D eigenvalue weighted by atomic mass is 35.5. The van der Waals surface area contributed by atoms with Crippen LogP contribution in [0.25, 0.3) is 11.3 Å². The number of hydrogen-bond donors (Lipinski definition) is 1. The fourth-order valence-electron chi connectivity index (χ4n) is 2.24. The maximum absolute atomic E-state index is 11.7. The standard InChI is InChI=1S/C18H14Cl2N2O2S/c1-24-16(23)10-15-17(11-6-8-12(19)9-7-11)22-18(25-15)21-14-5-3-2-4-13(14)20/h2-9H,10H2,1H3,(H,21,22). The van der Waals surface area contributed by atoms with Crippen molar-refractivity contribution in [3.8, 4) is 11.3 Å². The van der Waals surface area contributed by atoms with Gasteiger partial charge in [-0.25, -0.2) is 4.98 Å². The van der Waals surface area contributed by atoms with E-state index in [2.05, 4.69) is 10.3 Å². The van der Waals surface area contributed by atoms with Crippen molar-refractivity contribution in [3.05, 3.63) is 63.5 Å². The minimum Gasteiger partial charge on any atom is -0.469 e. The van der Waals surface area contributed by atoms with E-state index in [4.69, 9.17) is 27.9 Å². The Labute approximate surface area is 159 Å². The lowest BCUT2D eigenvalue weighted by molar-refractivity contribution is -0.139. The Morgan fingerprint density at radius 1 is 1.16 bits per heavy atom. The lowest BCUT2D eigenvalue weighted by atomic mass is 10.1. The minimum atomic E-state index is -0.317. The number of thiazole rings is 1. The van der Waals surface area contributed by atoms with Gasteiger partial charge >= 0.3 is 5.97 Å². The number of methoxy groups -OCH3 is 1. The van der Waals surface area contributed by atoms with E-state index in [0.717, 1.165) is 21.8 Å². The van der Waals surface area contributed by atoms with Crippen molar-refractivity contribution >= 4 is 51.3 Å². The maximum Gasteiger partial charge on any atom is 0.310 e. The number of esters is 1. The average molecular weight is 393 g/mol. The van der Waals surface area contributed by atoms with Gasteiger partial charge in [-0.1, -0.05) is 47.5 Å². The monoisotopic (exact) mass is 392 g/mol. The number of halogens is 2.